The largest absolute Gasteiger partial charge is 0.379 e. The molecule has 0 atom stereocenters. The zero-order chi connectivity index (χ0) is 17.0. The SMILES string of the molecule is CCNC(=NCCN(C(C)C)C(C)C)NCCOCC(C)C. The molecule has 0 saturated carbocycles. The lowest BCUT2D eigenvalue weighted by Crippen LogP contribution is -2.41. The molecular formula is C17H38N4O. The standard InChI is InChI=1S/C17H38N4O/c1-8-18-17(20-10-12-22-13-14(2)3)19-9-11-21(15(4)5)16(6)7/h14-16H,8-13H2,1-7H3,(H2,18,19,20). The van der Waals surface area contributed by atoms with Crippen LogP contribution in [0.4, 0.5) is 0 Å². The zero-order valence-electron chi connectivity index (χ0n) is 15.8. The molecule has 22 heavy (non-hydrogen) atoms. The number of aliphatic imine (C=N–C) groups is 1. The van der Waals surface area contributed by atoms with Gasteiger partial charge in [-0.2, -0.15) is 0 Å². The minimum absolute atomic E-state index is 0.551. The quantitative estimate of drug-likeness (QED) is 0.349. The topological polar surface area (TPSA) is 48.9 Å². The van der Waals surface area contributed by atoms with E-state index in [9.17, 15) is 0 Å². The van der Waals surface area contributed by atoms with E-state index in [4.69, 9.17) is 4.74 Å². The van der Waals surface area contributed by atoms with Crippen molar-refractivity contribution in [2.75, 3.05) is 39.4 Å². The minimum Gasteiger partial charge on any atom is -0.379 e. The van der Waals surface area contributed by atoms with Crippen molar-refractivity contribution in [2.24, 2.45) is 10.9 Å². The van der Waals surface area contributed by atoms with Crippen molar-refractivity contribution >= 4 is 5.96 Å². The van der Waals surface area contributed by atoms with Gasteiger partial charge in [-0.1, -0.05) is 13.8 Å². The molecule has 0 amide bonds. The first-order chi connectivity index (χ1) is 10.4. The zero-order valence-corrected chi connectivity index (χ0v) is 15.8. The van der Waals surface area contributed by atoms with Gasteiger partial charge in [-0.15, -0.1) is 0 Å². The summed E-state index contributed by atoms with van der Waals surface area (Å²) in [6.45, 7) is 20.3. The molecule has 0 unspecified atom stereocenters. The molecule has 0 radical (unpaired) electrons. The molecule has 0 spiro atoms. The summed E-state index contributed by atoms with van der Waals surface area (Å²) in [7, 11) is 0. The molecule has 0 aliphatic rings. The summed E-state index contributed by atoms with van der Waals surface area (Å²) in [5.74, 6) is 1.46. The Hall–Kier alpha value is -0.810. The summed E-state index contributed by atoms with van der Waals surface area (Å²) in [5.41, 5.74) is 0. The summed E-state index contributed by atoms with van der Waals surface area (Å²) in [6.07, 6.45) is 0. The summed E-state index contributed by atoms with van der Waals surface area (Å²) in [6, 6.07) is 1.10. The normalized spacial score (nSPS) is 12.8. The molecule has 0 aromatic rings. The summed E-state index contributed by atoms with van der Waals surface area (Å²) >= 11 is 0. The predicted octanol–water partition coefficient (Wildman–Crippen LogP) is 2.33. The van der Waals surface area contributed by atoms with Crippen LogP contribution in [0.3, 0.4) is 0 Å². The van der Waals surface area contributed by atoms with Gasteiger partial charge in [-0.3, -0.25) is 9.89 Å². The fraction of sp³-hybridized carbons (Fsp3) is 0.941. The lowest BCUT2D eigenvalue weighted by molar-refractivity contribution is 0.114. The molecule has 0 aliphatic carbocycles. The number of nitrogens with one attached hydrogen (secondary N) is 2. The Balaban J connectivity index is 4.14. The Morgan fingerprint density at radius 3 is 2.18 bits per heavy atom. The van der Waals surface area contributed by atoms with Crippen molar-refractivity contribution in [3.8, 4) is 0 Å². The Morgan fingerprint density at radius 1 is 1.05 bits per heavy atom. The smallest absolute Gasteiger partial charge is 0.191 e. The lowest BCUT2D eigenvalue weighted by atomic mass is 10.2. The van der Waals surface area contributed by atoms with E-state index in [0.717, 1.165) is 38.7 Å². The van der Waals surface area contributed by atoms with Crippen molar-refractivity contribution in [3.63, 3.8) is 0 Å². The van der Waals surface area contributed by atoms with Crippen LogP contribution in [-0.2, 0) is 4.74 Å². The molecule has 0 aliphatic heterocycles. The van der Waals surface area contributed by atoms with E-state index in [1.165, 1.54) is 0 Å². The summed E-state index contributed by atoms with van der Waals surface area (Å²) in [5, 5.41) is 6.60. The third kappa shape index (κ3) is 10.9. The molecule has 0 aromatic carbocycles. The van der Waals surface area contributed by atoms with E-state index >= 15 is 0 Å². The molecule has 5 nitrogen and oxygen atoms in total. The van der Waals surface area contributed by atoms with Crippen molar-refractivity contribution < 1.29 is 4.74 Å². The van der Waals surface area contributed by atoms with E-state index in [2.05, 4.69) is 69.0 Å². The number of ether oxygens (including phenoxy) is 1. The Morgan fingerprint density at radius 2 is 1.68 bits per heavy atom. The summed E-state index contributed by atoms with van der Waals surface area (Å²) in [4.78, 5) is 7.11. The van der Waals surface area contributed by atoms with Crippen molar-refractivity contribution in [2.45, 2.75) is 60.5 Å². The maximum Gasteiger partial charge on any atom is 0.191 e. The van der Waals surface area contributed by atoms with Crippen LogP contribution in [0.1, 0.15) is 48.5 Å². The summed E-state index contributed by atoms with van der Waals surface area (Å²) < 4.78 is 5.58. The molecule has 5 heteroatoms. The highest BCUT2D eigenvalue weighted by atomic mass is 16.5. The van der Waals surface area contributed by atoms with E-state index in [0.29, 0.717) is 24.6 Å². The van der Waals surface area contributed by atoms with Crippen molar-refractivity contribution in [1.82, 2.24) is 15.5 Å². The minimum atomic E-state index is 0.551. The molecule has 0 heterocycles. The van der Waals surface area contributed by atoms with Crippen molar-refractivity contribution in [3.05, 3.63) is 0 Å². The maximum absolute atomic E-state index is 5.58. The maximum atomic E-state index is 5.58. The van der Waals surface area contributed by atoms with Gasteiger partial charge in [0, 0.05) is 38.3 Å². The predicted molar refractivity (Wildman–Crippen MR) is 96.6 cm³/mol. The number of hydrogen-bond acceptors (Lipinski definition) is 3. The highest BCUT2D eigenvalue weighted by molar-refractivity contribution is 5.79. The molecular weight excluding hydrogens is 276 g/mol. The molecule has 0 bridgehead atoms. The van der Waals surface area contributed by atoms with Crippen LogP contribution in [0, 0.1) is 5.92 Å². The van der Waals surface area contributed by atoms with E-state index in [-0.39, 0.29) is 0 Å². The molecule has 2 N–H and O–H groups in total. The fourth-order valence-corrected chi connectivity index (χ4v) is 2.29. The second-order valence-corrected chi connectivity index (χ2v) is 6.58. The van der Waals surface area contributed by atoms with E-state index in [1.54, 1.807) is 0 Å². The molecule has 0 saturated heterocycles. The van der Waals surface area contributed by atoms with Gasteiger partial charge in [0.2, 0.25) is 0 Å². The third-order valence-corrected chi connectivity index (χ3v) is 3.29. The first kappa shape index (κ1) is 21.2. The van der Waals surface area contributed by atoms with Gasteiger partial charge < -0.3 is 15.4 Å². The van der Waals surface area contributed by atoms with Crippen LogP contribution in [-0.4, -0.2) is 62.3 Å². The van der Waals surface area contributed by atoms with Crippen LogP contribution in [0.5, 0.6) is 0 Å². The highest BCUT2D eigenvalue weighted by Crippen LogP contribution is 2.03. The monoisotopic (exact) mass is 314 g/mol. The van der Waals surface area contributed by atoms with Crippen LogP contribution in [0.2, 0.25) is 0 Å². The Kier molecular flexibility index (Phi) is 12.2. The fourth-order valence-electron chi connectivity index (χ4n) is 2.29. The number of nitrogens with zero attached hydrogens (tertiary/aromatic N) is 2. The van der Waals surface area contributed by atoms with Gasteiger partial charge in [-0.25, -0.2) is 0 Å². The van der Waals surface area contributed by atoms with Crippen molar-refractivity contribution in [1.29, 1.82) is 0 Å². The van der Waals surface area contributed by atoms with E-state index in [1.807, 2.05) is 0 Å². The molecule has 132 valence electrons. The van der Waals surface area contributed by atoms with Gasteiger partial charge in [0.25, 0.3) is 0 Å². The highest BCUT2D eigenvalue weighted by Gasteiger charge is 2.12. The number of rotatable bonds is 11. The average Bonchev–Trinajstić information content (AvgIpc) is 2.41. The lowest BCUT2D eigenvalue weighted by Gasteiger charge is -2.29. The molecule has 0 aromatic heterocycles. The van der Waals surface area contributed by atoms with Gasteiger partial charge >= 0.3 is 0 Å². The Labute approximate surface area is 137 Å². The first-order valence-corrected chi connectivity index (χ1v) is 8.74. The van der Waals surface area contributed by atoms with Crippen LogP contribution < -0.4 is 10.6 Å². The van der Waals surface area contributed by atoms with Gasteiger partial charge in [0.05, 0.1) is 13.2 Å². The number of hydrogen-bond donors (Lipinski definition) is 2. The first-order valence-electron chi connectivity index (χ1n) is 8.74. The molecule has 0 rings (SSSR count). The number of guanidine groups is 1. The second-order valence-electron chi connectivity index (χ2n) is 6.58. The van der Waals surface area contributed by atoms with E-state index < -0.39 is 0 Å². The van der Waals surface area contributed by atoms with Gasteiger partial charge in [-0.05, 0) is 40.5 Å². The van der Waals surface area contributed by atoms with Crippen LogP contribution >= 0.6 is 0 Å². The molecule has 0 fully saturated rings. The van der Waals surface area contributed by atoms with Crippen LogP contribution in [0.15, 0.2) is 4.99 Å². The average molecular weight is 315 g/mol. The van der Waals surface area contributed by atoms with Gasteiger partial charge in [0.1, 0.15) is 0 Å². The Bertz CT molecular complexity index is 282. The third-order valence-electron chi connectivity index (χ3n) is 3.29. The van der Waals surface area contributed by atoms with Gasteiger partial charge in [0.15, 0.2) is 5.96 Å². The second kappa shape index (κ2) is 12.7. The van der Waals surface area contributed by atoms with Crippen LogP contribution in [0.25, 0.3) is 0 Å².